The molecule has 1 unspecified atom stereocenters. The van der Waals surface area contributed by atoms with Crippen molar-refractivity contribution >= 4 is 17.5 Å². The minimum absolute atomic E-state index is 0.297. The molecule has 3 heteroatoms. The first-order valence-corrected chi connectivity index (χ1v) is 8.02. The molecule has 0 aromatic heterocycles. The minimum atomic E-state index is 0.297. The molecule has 1 atom stereocenters. The highest BCUT2D eigenvalue weighted by molar-refractivity contribution is 7.98. The fourth-order valence-electron chi connectivity index (χ4n) is 2.40. The highest BCUT2D eigenvalue weighted by Crippen LogP contribution is 2.25. The molecule has 1 aliphatic rings. The Morgan fingerprint density at radius 1 is 1.05 bits per heavy atom. The summed E-state index contributed by atoms with van der Waals surface area (Å²) < 4.78 is 0. The third-order valence-corrected chi connectivity index (χ3v) is 4.40. The molecule has 0 radical (unpaired) electrons. The van der Waals surface area contributed by atoms with Crippen LogP contribution in [0.3, 0.4) is 0 Å². The molecule has 0 bridgehead atoms. The quantitative estimate of drug-likeness (QED) is 0.855. The Labute approximate surface area is 124 Å². The molecule has 2 nitrogen and oxygen atoms in total. The molecule has 0 fully saturated rings. The number of nitrogens with one attached hydrogen (secondary N) is 1. The van der Waals surface area contributed by atoms with E-state index in [-0.39, 0.29) is 0 Å². The summed E-state index contributed by atoms with van der Waals surface area (Å²) in [5, 5.41) is 4.50. The smallest absolute Gasteiger partial charge is 0.0745 e. The van der Waals surface area contributed by atoms with E-state index in [1.165, 1.54) is 21.6 Å². The number of aryl methyl sites for hydroxylation is 1. The van der Waals surface area contributed by atoms with Gasteiger partial charge in [0.15, 0.2) is 0 Å². The van der Waals surface area contributed by atoms with Crippen molar-refractivity contribution in [1.82, 2.24) is 5.43 Å². The molecule has 0 amide bonds. The van der Waals surface area contributed by atoms with Crippen LogP contribution in [0.5, 0.6) is 0 Å². The lowest BCUT2D eigenvalue weighted by Gasteiger charge is -2.10. The van der Waals surface area contributed by atoms with Gasteiger partial charge in [-0.15, -0.1) is 11.8 Å². The maximum absolute atomic E-state index is 4.50. The van der Waals surface area contributed by atoms with Crippen LogP contribution in [-0.4, -0.2) is 12.0 Å². The molecule has 0 aliphatic carbocycles. The highest BCUT2D eigenvalue weighted by Gasteiger charge is 2.20. The zero-order valence-electron chi connectivity index (χ0n) is 11.8. The summed E-state index contributed by atoms with van der Waals surface area (Å²) >= 11 is 1.76. The van der Waals surface area contributed by atoms with Gasteiger partial charge in [0.2, 0.25) is 0 Å². The summed E-state index contributed by atoms with van der Waals surface area (Å²) in [6.45, 7) is 2.11. The molecule has 1 heterocycles. The van der Waals surface area contributed by atoms with Crippen molar-refractivity contribution in [3.05, 3.63) is 65.2 Å². The number of rotatable bonds is 3. The van der Waals surface area contributed by atoms with Crippen LogP contribution < -0.4 is 5.43 Å². The molecular weight excluding hydrogens is 264 g/mol. The lowest BCUT2D eigenvalue weighted by atomic mass is 9.98. The van der Waals surface area contributed by atoms with E-state index in [1.807, 2.05) is 0 Å². The number of hydrazone groups is 1. The summed E-state index contributed by atoms with van der Waals surface area (Å²) in [6, 6.07) is 17.6. The van der Waals surface area contributed by atoms with Crippen LogP contribution in [0.2, 0.25) is 0 Å². The predicted octanol–water partition coefficient (Wildman–Crippen LogP) is 4.16. The van der Waals surface area contributed by atoms with E-state index in [4.69, 9.17) is 0 Å². The fourth-order valence-corrected chi connectivity index (χ4v) is 2.81. The molecule has 0 saturated carbocycles. The van der Waals surface area contributed by atoms with Crippen LogP contribution in [-0.2, 0) is 0 Å². The second kappa shape index (κ2) is 5.71. The summed E-state index contributed by atoms with van der Waals surface area (Å²) in [4.78, 5) is 1.29. The van der Waals surface area contributed by atoms with E-state index >= 15 is 0 Å². The van der Waals surface area contributed by atoms with Gasteiger partial charge in [-0.2, -0.15) is 5.10 Å². The highest BCUT2D eigenvalue weighted by atomic mass is 32.2. The lowest BCUT2D eigenvalue weighted by Crippen LogP contribution is -2.09. The largest absolute Gasteiger partial charge is 0.302 e. The van der Waals surface area contributed by atoms with Crippen LogP contribution in [0.4, 0.5) is 0 Å². The first-order valence-electron chi connectivity index (χ1n) is 6.79. The van der Waals surface area contributed by atoms with E-state index in [1.54, 1.807) is 11.8 Å². The third-order valence-electron chi connectivity index (χ3n) is 3.66. The maximum atomic E-state index is 4.50. The topological polar surface area (TPSA) is 24.4 Å². The molecule has 2 aromatic rings. The molecule has 1 aliphatic heterocycles. The van der Waals surface area contributed by atoms with Crippen molar-refractivity contribution in [3.63, 3.8) is 0 Å². The first-order chi connectivity index (χ1) is 9.76. The van der Waals surface area contributed by atoms with Gasteiger partial charge in [0, 0.05) is 11.3 Å². The molecule has 20 heavy (non-hydrogen) atoms. The Kier molecular flexibility index (Phi) is 3.79. The second-order valence-corrected chi connectivity index (χ2v) is 5.96. The fraction of sp³-hybridized carbons (Fsp3) is 0.235. The van der Waals surface area contributed by atoms with Gasteiger partial charge in [0.25, 0.3) is 0 Å². The lowest BCUT2D eigenvalue weighted by molar-refractivity contribution is 0.620. The zero-order chi connectivity index (χ0) is 13.9. The van der Waals surface area contributed by atoms with Gasteiger partial charge < -0.3 is 5.43 Å². The van der Waals surface area contributed by atoms with Gasteiger partial charge in [0.05, 0.1) is 11.8 Å². The standard InChI is InChI=1S/C17H18N2S/c1-12-3-5-13(6-4-12)16-11-17(19-18-16)14-7-9-15(20-2)10-8-14/h3-10,16,18H,11H2,1-2H3. The zero-order valence-corrected chi connectivity index (χ0v) is 12.6. The molecule has 0 saturated heterocycles. The molecule has 102 valence electrons. The normalized spacial score (nSPS) is 17.7. The minimum Gasteiger partial charge on any atom is -0.302 e. The molecular formula is C17H18N2S. The molecule has 2 aromatic carbocycles. The van der Waals surface area contributed by atoms with Crippen molar-refractivity contribution in [3.8, 4) is 0 Å². The van der Waals surface area contributed by atoms with Crippen molar-refractivity contribution in [1.29, 1.82) is 0 Å². The SMILES string of the molecule is CSc1ccc(C2=NNC(c3ccc(C)cc3)C2)cc1. The van der Waals surface area contributed by atoms with Gasteiger partial charge in [-0.1, -0.05) is 42.0 Å². The predicted molar refractivity (Wildman–Crippen MR) is 86.4 cm³/mol. The summed E-state index contributed by atoms with van der Waals surface area (Å²) in [5.74, 6) is 0. The monoisotopic (exact) mass is 282 g/mol. The van der Waals surface area contributed by atoms with Gasteiger partial charge in [0.1, 0.15) is 0 Å². The van der Waals surface area contributed by atoms with E-state index in [2.05, 4.69) is 72.2 Å². The summed E-state index contributed by atoms with van der Waals surface area (Å²) in [6.07, 6.45) is 3.04. The Morgan fingerprint density at radius 2 is 1.75 bits per heavy atom. The number of nitrogens with zero attached hydrogens (tertiary/aromatic N) is 1. The van der Waals surface area contributed by atoms with Gasteiger partial charge in [-0.3, -0.25) is 0 Å². The van der Waals surface area contributed by atoms with E-state index in [9.17, 15) is 0 Å². The summed E-state index contributed by atoms with van der Waals surface area (Å²) in [7, 11) is 0. The molecule has 3 rings (SSSR count). The Bertz CT molecular complexity index is 614. The van der Waals surface area contributed by atoms with Crippen molar-refractivity contribution < 1.29 is 0 Å². The number of hydrogen-bond acceptors (Lipinski definition) is 3. The van der Waals surface area contributed by atoms with Gasteiger partial charge in [-0.05, 0) is 36.4 Å². The van der Waals surface area contributed by atoms with Crippen molar-refractivity contribution in [2.75, 3.05) is 6.26 Å². The van der Waals surface area contributed by atoms with Crippen LogP contribution in [0.15, 0.2) is 58.5 Å². The van der Waals surface area contributed by atoms with Crippen LogP contribution in [0.25, 0.3) is 0 Å². The molecule has 1 N–H and O–H groups in total. The van der Waals surface area contributed by atoms with Crippen molar-refractivity contribution in [2.24, 2.45) is 5.10 Å². The summed E-state index contributed by atoms with van der Waals surface area (Å²) in [5.41, 5.74) is 8.20. The van der Waals surface area contributed by atoms with Crippen LogP contribution >= 0.6 is 11.8 Å². The Morgan fingerprint density at radius 3 is 2.40 bits per heavy atom. The second-order valence-electron chi connectivity index (χ2n) is 5.08. The van der Waals surface area contributed by atoms with Crippen molar-refractivity contribution in [2.45, 2.75) is 24.3 Å². The molecule has 0 spiro atoms. The third kappa shape index (κ3) is 2.73. The van der Waals surface area contributed by atoms with E-state index in [0.29, 0.717) is 6.04 Å². The number of benzene rings is 2. The van der Waals surface area contributed by atoms with Crippen LogP contribution in [0, 0.1) is 6.92 Å². The van der Waals surface area contributed by atoms with Crippen LogP contribution in [0.1, 0.15) is 29.2 Å². The maximum Gasteiger partial charge on any atom is 0.0745 e. The Hall–Kier alpha value is -1.74. The van der Waals surface area contributed by atoms with E-state index in [0.717, 1.165) is 12.1 Å². The average molecular weight is 282 g/mol. The first kappa shape index (κ1) is 13.3. The number of thioether (sulfide) groups is 1. The Balaban J connectivity index is 1.73. The van der Waals surface area contributed by atoms with Gasteiger partial charge in [-0.25, -0.2) is 0 Å². The van der Waals surface area contributed by atoms with Gasteiger partial charge >= 0.3 is 0 Å². The average Bonchev–Trinajstić information content (AvgIpc) is 2.98. The number of hydrogen-bond donors (Lipinski definition) is 1. The van der Waals surface area contributed by atoms with E-state index < -0.39 is 0 Å².